The van der Waals surface area contributed by atoms with E-state index in [9.17, 15) is 18.0 Å². The van der Waals surface area contributed by atoms with Crippen LogP contribution in [0.4, 0.5) is 5.13 Å². The predicted octanol–water partition coefficient (Wildman–Crippen LogP) is 0.803. The van der Waals surface area contributed by atoms with Crippen molar-refractivity contribution >= 4 is 50.1 Å². The van der Waals surface area contributed by atoms with Gasteiger partial charge in [0.15, 0.2) is 4.34 Å². The van der Waals surface area contributed by atoms with E-state index < -0.39 is 15.9 Å². The number of amides is 1. The quantitative estimate of drug-likeness (QED) is 0.400. The standard InChI is InChI=1S/C13H20N4O5S3/c1-3-25(20,21)17-6-4-5-9(7-17)11(19)14-12-15-16-13(24-12)23-8-10(18)22-2/h9H,3-8H2,1-2H3,(H,14,15,19)/t9-/m0/s1. The minimum absolute atomic E-state index is 0.0263. The molecule has 12 heteroatoms. The molecule has 1 amide bonds. The zero-order valence-electron chi connectivity index (χ0n) is 13.9. The van der Waals surface area contributed by atoms with Crippen molar-refractivity contribution < 1.29 is 22.7 Å². The highest BCUT2D eigenvalue weighted by Crippen LogP contribution is 2.27. The van der Waals surface area contributed by atoms with E-state index in [0.717, 1.165) is 11.3 Å². The number of anilines is 1. The summed E-state index contributed by atoms with van der Waals surface area (Å²) in [5.41, 5.74) is 0. The fourth-order valence-electron chi connectivity index (χ4n) is 2.30. The van der Waals surface area contributed by atoms with Crippen LogP contribution in [0.1, 0.15) is 19.8 Å². The van der Waals surface area contributed by atoms with Crippen LogP contribution in [-0.4, -0.2) is 66.5 Å². The monoisotopic (exact) mass is 408 g/mol. The van der Waals surface area contributed by atoms with Crippen molar-refractivity contribution in [2.45, 2.75) is 24.1 Å². The molecule has 1 aromatic rings. The maximum absolute atomic E-state index is 12.4. The summed E-state index contributed by atoms with van der Waals surface area (Å²) in [6.07, 6.45) is 1.28. The minimum atomic E-state index is -3.29. The molecule has 1 aliphatic heterocycles. The Bertz CT molecular complexity index is 721. The number of hydrogen-bond acceptors (Lipinski definition) is 9. The summed E-state index contributed by atoms with van der Waals surface area (Å²) in [5.74, 6) is -0.906. The molecule has 1 N–H and O–H groups in total. The molecule has 0 bridgehead atoms. The summed E-state index contributed by atoms with van der Waals surface area (Å²) in [6, 6.07) is 0. The van der Waals surface area contributed by atoms with Gasteiger partial charge in [-0.15, -0.1) is 10.2 Å². The molecule has 25 heavy (non-hydrogen) atoms. The maximum Gasteiger partial charge on any atom is 0.316 e. The van der Waals surface area contributed by atoms with Crippen LogP contribution in [0.25, 0.3) is 0 Å². The van der Waals surface area contributed by atoms with Crippen molar-refractivity contribution in [3.8, 4) is 0 Å². The van der Waals surface area contributed by atoms with Crippen LogP contribution in [-0.2, 0) is 24.3 Å². The summed E-state index contributed by atoms with van der Waals surface area (Å²) in [7, 11) is -1.99. The van der Waals surface area contributed by atoms with Gasteiger partial charge < -0.3 is 10.1 Å². The average Bonchev–Trinajstić information content (AvgIpc) is 3.07. The first kappa shape index (κ1) is 20.1. The third-order valence-electron chi connectivity index (χ3n) is 3.69. The number of rotatable bonds is 7. The maximum atomic E-state index is 12.4. The van der Waals surface area contributed by atoms with Gasteiger partial charge in [-0.05, 0) is 19.8 Å². The highest BCUT2D eigenvalue weighted by atomic mass is 32.2. The Morgan fingerprint density at radius 3 is 2.88 bits per heavy atom. The molecule has 0 unspecified atom stereocenters. The molecule has 1 atom stereocenters. The summed E-state index contributed by atoms with van der Waals surface area (Å²) < 4.78 is 30.4. The molecule has 0 spiro atoms. The molecule has 1 saturated heterocycles. The lowest BCUT2D eigenvalue weighted by molar-refractivity contribution is -0.137. The van der Waals surface area contributed by atoms with Gasteiger partial charge >= 0.3 is 5.97 Å². The second kappa shape index (κ2) is 8.92. The zero-order chi connectivity index (χ0) is 18.4. The molecule has 0 radical (unpaired) electrons. The Morgan fingerprint density at radius 2 is 2.20 bits per heavy atom. The van der Waals surface area contributed by atoms with Gasteiger partial charge in [0.1, 0.15) is 0 Å². The Labute approximate surface area is 154 Å². The zero-order valence-corrected chi connectivity index (χ0v) is 16.4. The van der Waals surface area contributed by atoms with E-state index in [-0.39, 0.29) is 29.9 Å². The molecule has 9 nitrogen and oxygen atoms in total. The number of nitrogens with zero attached hydrogens (tertiary/aromatic N) is 3. The SMILES string of the molecule is CCS(=O)(=O)N1CCC[C@H](C(=O)Nc2nnc(SCC(=O)OC)s2)C1. The number of methoxy groups -OCH3 is 1. The van der Waals surface area contributed by atoms with Crippen LogP contribution in [0.3, 0.4) is 0 Å². The number of piperidine rings is 1. The Hall–Kier alpha value is -1.24. The van der Waals surface area contributed by atoms with Gasteiger partial charge in [-0.25, -0.2) is 12.7 Å². The van der Waals surface area contributed by atoms with E-state index >= 15 is 0 Å². The van der Waals surface area contributed by atoms with E-state index in [2.05, 4.69) is 20.3 Å². The van der Waals surface area contributed by atoms with Gasteiger partial charge in [0.25, 0.3) is 0 Å². The second-order valence-corrected chi connectivity index (χ2v) is 9.78. The first-order valence-electron chi connectivity index (χ1n) is 7.67. The number of carbonyl (C=O) groups is 2. The number of hydrogen-bond donors (Lipinski definition) is 1. The molecule has 0 aliphatic carbocycles. The first-order valence-corrected chi connectivity index (χ1v) is 11.1. The summed E-state index contributed by atoms with van der Waals surface area (Å²) >= 11 is 2.33. The molecule has 140 valence electrons. The number of esters is 1. The molecular weight excluding hydrogens is 388 g/mol. The van der Waals surface area contributed by atoms with Gasteiger partial charge in [-0.2, -0.15) is 0 Å². The van der Waals surface area contributed by atoms with E-state index in [4.69, 9.17) is 0 Å². The Kier molecular flexibility index (Phi) is 7.16. The minimum Gasteiger partial charge on any atom is -0.468 e. The van der Waals surface area contributed by atoms with Crippen molar-refractivity contribution in [3.05, 3.63) is 0 Å². The topological polar surface area (TPSA) is 119 Å². The molecule has 0 aromatic carbocycles. The van der Waals surface area contributed by atoms with Crippen molar-refractivity contribution in [3.63, 3.8) is 0 Å². The lowest BCUT2D eigenvalue weighted by Gasteiger charge is -2.30. The van der Waals surface area contributed by atoms with Crippen LogP contribution in [0.5, 0.6) is 0 Å². The third-order valence-corrected chi connectivity index (χ3v) is 7.48. The molecule has 2 rings (SSSR count). The number of aromatic nitrogens is 2. The Morgan fingerprint density at radius 1 is 1.44 bits per heavy atom. The lowest BCUT2D eigenvalue weighted by Crippen LogP contribution is -2.44. The molecule has 2 heterocycles. The van der Waals surface area contributed by atoms with E-state index in [1.165, 1.54) is 23.2 Å². The third kappa shape index (κ3) is 5.62. The number of carbonyl (C=O) groups excluding carboxylic acids is 2. The van der Waals surface area contributed by atoms with Gasteiger partial charge in [0.05, 0.1) is 24.5 Å². The molecule has 1 aliphatic rings. The molecule has 0 saturated carbocycles. The first-order chi connectivity index (χ1) is 11.9. The smallest absolute Gasteiger partial charge is 0.316 e. The number of ether oxygens (including phenoxy) is 1. The molecular formula is C13H20N4O5S3. The van der Waals surface area contributed by atoms with Crippen LogP contribution < -0.4 is 5.32 Å². The van der Waals surface area contributed by atoms with Gasteiger partial charge in [-0.3, -0.25) is 9.59 Å². The fraction of sp³-hybridized carbons (Fsp3) is 0.692. The lowest BCUT2D eigenvalue weighted by atomic mass is 9.99. The highest BCUT2D eigenvalue weighted by molar-refractivity contribution is 8.01. The van der Waals surface area contributed by atoms with Gasteiger partial charge in [0.2, 0.25) is 21.1 Å². The van der Waals surface area contributed by atoms with Crippen molar-refractivity contribution in [1.82, 2.24) is 14.5 Å². The average molecular weight is 409 g/mol. The van der Waals surface area contributed by atoms with Gasteiger partial charge in [0, 0.05) is 13.1 Å². The van der Waals surface area contributed by atoms with Gasteiger partial charge in [-0.1, -0.05) is 23.1 Å². The second-order valence-electron chi connectivity index (χ2n) is 5.32. The van der Waals surface area contributed by atoms with Crippen molar-refractivity contribution in [2.24, 2.45) is 5.92 Å². The number of sulfonamides is 1. The highest BCUT2D eigenvalue weighted by Gasteiger charge is 2.31. The predicted molar refractivity (Wildman–Crippen MR) is 95.0 cm³/mol. The molecule has 1 aromatic heterocycles. The summed E-state index contributed by atoms with van der Waals surface area (Å²) in [4.78, 5) is 23.5. The van der Waals surface area contributed by atoms with Crippen molar-refractivity contribution in [2.75, 3.05) is 37.0 Å². The van der Waals surface area contributed by atoms with Crippen LogP contribution in [0.2, 0.25) is 0 Å². The normalized spacial score (nSPS) is 18.7. The van der Waals surface area contributed by atoms with Crippen molar-refractivity contribution in [1.29, 1.82) is 0 Å². The van der Waals surface area contributed by atoms with Crippen LogP contribution >= 0.6 is 23.1 Å². The number of thioether (sulfide) groups is 1. The Balaban J connectivity index is 1.91. The van der Waals surface area contributed by atoms with Crippen LogP contribution in [0, 0.1) is 5.92 Å². The largest absolute Gasteiger partial charge is 0.468 e. The fourth-order valence-corrected chi connectivity index (χ4v) is 5.06. The van der Waals surface area contributed by atoms with Crippen LogP contribution in [0.15, 0.2) is 4.34 Å². The number of nitrogens with one attached hydrogen (secondary N) is 1. The summed E-state index contributed by atoms with van der Waals surface area (Å²) in [6.45, 7) is 2.23. The van der Waals surface area contributed by atoms with E-state index in [0.29, 0.717) is 28.9 Å². The van der Waals surface area contributed by atoms with E-state index in [1.54, 1.807) is 6.92 Å². The summed E-state index contributed by atoms with van der Waals surface area (Å²) in [5, 5.41) is 10.8. The molecule has 1 fully saturated rings. The van der Waals surface area contributed by atoms with E-state index in [1.807, 2.05) is 0 Å².